The van der Waals surface area contributed by atoms with Crippen LogP contribution in [0, 0.1) is 5.82 Å². The van der Waals surface area contributed by atoms with Crippen molar-refractivity contribution in [2.75, 3.05) is 13.1 Å². The van der Waals surface area contributed by atoms with Crippen molar-refractivity contribution >= 4 is 18.3 Å². The summed E-state index contributed by atoms with van der Waals surface area (Å²) in [5.41, 5.74) is 0.441. The lowest BCUT2D eigenvalue weighted by Gasteiger charge is -2.23. The lowest BCUT2D eigenvalue weighted by Crippen LogP contribution is -2.45. The molecule has 1 atom stereocenters. The van der Waals surface area contributed by atoms with Crippen LogP contribution < -0.4 is 10.6 Å². The monoisotopic (exact) mass is 352 g/mol. The number of hydrogen-bond acceptors (Lipinski definition) is 3. The molecule has 1 aliphatic rings. The van der Waals surface area contributed by atoms with Crippen LogP contribution in [-0.2, 0) is 11.2 Å². The molecule has 0 aliphatic carbocycles. The van der Waals surface area contributed by atoms with Crippen molar-refractivity contribution < 1.29 is 13.6 Å². The summed E-state index contributed by atoms with van der Waals surface area (Å²) in [5, 5.41) is 6.31. The summed E-state index contributed by atoms with van der Waals surface area (Å²) in [6.45, 7) is 1.86. The molecular formula is C18H22ClFN2O2. The minimum atomic E-state index is -0.309. The fourth-order valence-corrected chi connectivity index (χ4v) is 2.83. The molecule has 1 aliphatic heterocycles. The molecular weight excluding hydrogens is 331 g/mol. The number of carbonyl (C=O) groups is 1. The number of hydrogen-bond donors (Lipinski definition) is 2. The number of halogens is 2. The minimum Gasteiger partial charge on any atom is -0.461 e. The Bertz CT molecular complexity index is 669. The number of amides is 1. The molecule has 4 nitrogen and oxygen atoms in total. The molecule has 2 heterocycles. The highest BCUT2D eigenvalue weighted by Gasteiger charge is 2.16. The van der Waals surface area contributed by atoms with Crippen LogP contribution in [0.5, 0.6) is 0 Å². The zero-order valence-electron chi connectivity index (χ0n) is 13.4. The van der Waals surface area contributed by atoms with E-state index in [1.54, 1.807) is 30.3 Å². The van der Waals surface area contributed by atoms with E-state index < -0.39 is 0 Å². The van der Waals surface area contributed by atoms with Gasteiger partial charge in [0.05, 0.1) is 5.56 Å². The van der Waals surface area contributed by atoms with E-state index in [0.29, 0.717) is 29.9 Å². The molecule has 1 saturated heterocycles. The van der Waals surface area contributed by atoms with Gasteiger partial charge in [-0.3, -0.25) is 4.79 Å². The largest absolute Gasteiger partial charge is 0.461 e. The fraction of sp³-hybridized carbons (Fsp3) is 0.389. The van der Waals surface area contributed by atoms with E-state index in [2.05, 4.69) is 10.6 Å². The molecule has 2 N–H and O–H groups in total. The molecule has 0 bridgehead atoms. The van der Waals surface area contributed by atoms with Crippen LogP contribution in [0.4, 0.5) is 4.39 Å². The second-order valence-corrected chi connectivity index (χ2v) is 5.86. The molecule has 24 heavy (non-hydrogen) atoms. The van der Waals surface area contributed by atoms with Gasteiger partial charge in [-0.1, -0.05) is 12.1 Å². The lowest BCUT2D eigenvalue weighted by molar-refractivity contribution is -0.121. The summed E-state index contributed by atoms with van der Waals surface area (Å²) >= 11 is 0. The summed E-state index contributed by atoms with van der Waals surface area (Å²) in [4.78, 5) is 12.0. The third-order valence-corrected chi connectivity index (χ3v) is 4.06. The van der Waals surface area contributed by atoms with Crippen molar-refractivity contribution in [2.45, 2.75) is 31.7 Å². The molecule has 6 heteroatoms. The number of carbonyl (C=O) groups excluding carboxylic acids is 1. The smallest absolute Gasteiger partial charge is 0.220 e. The fourth-order valence-electron chi connectivity index (χ4n) is 2.83. The van der Waals surface area contributed by atoms with Gasteiger partial charge in [0.1, 0.15) is 17.3 Å². The Labute approximate surface area is 147 Å². The Kier molecular flexibility index (Phi) is 6.82. The van der Waals surface area contributed by atoms with Gasteiger partial charge in [-0.2, -0.15) is 0 Å². The van der Waals surface area contributed by atoms with Crippen molar-refractivity contribution in [3.05, 3.63) is 48.0 Å². The van der Waals surface area contributed by atoms with Crippen LogP contribution in [0.2, 0.25) is 0 Å². The van der Waals surface area contributed by atoms with Crippen LogP contribution in [0.3, 0.4) is 0 Å². The van der Waals surface area contributed by atoms with Crippen molar-refractivity contribution in [1.82, 2.24) is 10.6 Å². The summed E-state index contributed by atoms with van der Waals surface area (Å²) in [6.07, 6.45) is 3.01. The van der Waals surface area contributed by atoms with Crippen LogP contribution >= 0.6 is 12.4 Å². The summed E-state index contributed by atoms with van der Waals surface area (Å²) in [7, 11) is 0. The van der Waals surface area contributed by atoms with Crippen LogP contribution in [0.15, 0.2) is 40.8 Å². The second kappa shape index (κ2) is 8.85. The third kappa shape index (κ3) is 4.82. The summed E-state index contributed by atoms with van der Waals surface area (Å²) in [6, 6.07) is 10.3. The Morgan fingerprint density at radius 1 is 1.29 bits per heavy atom. The van der Waals surface area contributed by atoms with Crippen molar-refractivity contribution in [1.29, 1.82) is 0 Å². The zero-order chi connectivity index (χ0) is 16.1. The van der Waals surface area contributed by atoms with Gasteiger partial charge in [0.2, 0.25) is 5.91 Å². The molecule has 3 rings (SSSR count). The van der Waals surface area contributed by atoms with Gasteiger partial charge in [-0.05, 0) is 43.7 Å². The van der Waals surface area contributed by atoms with E-state index in [-0.39, 0.29) is 30.2 Å². The van der Waals surface area contributed by atoms with Crippen molar-refractivity contribution in [3.8, 4) is 11.3 Å². The Morgan fingerprint density at radius 3 is 2.88 bits per heavy atom. The predicted octanol–water partition coefficient (Wildman–Crippen LogP) is 3.31. The van der Waals surface area contributed by atoms with E-state index in [9.17, 15) is 9.18 Å². The zero-order valence-corrected chi connectivity index (χ0v) is 14.2. The van der Waals surface area contributed by atoms with Crippen molar-refractivity contribution in [2.24, 2.45) is 0 Å². The molecule has 2 aromatic rings. The van der Waals surface area contributed by atoms with Crippen LogP contribution in [0.1, 0.15) is 25.0 Å². The van der Waals surface area contributed by atoms with E-state index in [4.69, 9.17) is 4.42 Å². The number of furan rings is 1. The number of benzene rings is 1. The average molecular weight is 353 g/mol. The minimum absolute atomic E-state index is 0. The average Bonchev–Trinajstić information content (AvgIpc) is 3.03. The van der Waals surface area contributed by atoms with Crippen molar-refractivity contribution in [3.63, 3.8) is 0 Å². The van der Waals surface area contributed by atoms with E-state index in [1.165, 1.54) is 6.07 Å². The Hall–Kier alpha value is -1.85. The lowest BCUT2D eigenvalue weighted by atomic mass is 10.1. The molecule has 1 aromatic carbocycles. The standard InChI is InChI=1S/C18H21FN2O2.ClH/c19-16-6-2-1-5-15(16)17-9-7-14(23-17)8-10-18(22)21-13-4-3-11-20-12-13;/h1-2,5-7,9,13,20H,3-4,8,10-12H2,(H,21,22);1H. The quantitative estimate of drug-likeness (QED) is 0.868. The maximum absolute atomic E-state index is 13.7. The Morgan fingerprint density at radius 2 is 2.12 bits per heavy atom. The molecule has 1 amide bonds. The SMILES string of the molecule is Cl.O=C(CCc1ccc(-c2ccccc2F)o1)NC1CCCNC1. The first-order valence-electron chi connectivity index (χ1n) is 8.06. The van der Waals surface area contributed by atoms with E-state index in [0.717, 1.165) is 25.9 Å². The first kappa shape index (κ1) is 18.5. The van der Waals surface area contributed by atoms with Gasteiger partial charge in [0.25, 0.3) is 0 Å². The second-order valence-electron chi connectivity index (χ2n) is 5.86. The van der Waals surface area contributed by atoms with Gasteiger partial charge in [0, 0.05) is 25.4 Å². The molecule has 0 spiro atoms. The van der Waals surface area contributed by atoms with E-state index in [1.807, 2.05) is 0 Å². The third-order valence-electron chi connectivity index (χ3n) is 4.06. The number of piperidine rings is 1. The van der Waals surface area contributed by atoms with Gasteiger partial charge in [-0.15, -0.1) is 12.4 Å². The highest BCUT2D eigenvalue weighted by Crippen LogP contribution is 2.25. The number of aryl methyl sites for hydroxylation is 1. The first-order chi connectivity index (χ1) is 11.2. The molecule has 130 valence electrons. The van der Waals surface area contributed by atoms with Gasteiger partial charge in [0.15, 0.2) is 0 Å². The normalized spacial score (nSPS) is 17.1. The molecule has 0 saturated carbocycles. The van der Waals surface area contributed by atoms with Gasteiger partial charge in [-0.25, -0.2) is 4.39 Å². The predicted molar refractivity (Wildman–Crippen MR) is 93.7 cm³/mol. The van der Waals surface area contributed by atoms with E-state index >= 15 is 0 Å². The summed E-state index contributed by atoms with van der Waals surface area (Å²) < 4.78 is 19.4. The first-order valence-corrected chi connectivity index (χ1v) is 8.06. The summed E-state index contributed by atoms with van der Waals surface area (Å²) in [5.74, 6) is 0.911. The highest BCUT2D eigenvalue weighted by atomic mass is 35.5. The topological polar surface area (TPSA) is 54.3 Å². The van der Waals surface area contributed by atoms with Gasteiger partial charge >= 0.3 is 0 Å². The molecule has 1 fully saturated rings. The van der Waals surface area contributed by atoms with Crippen LogP contribution in [0.25, 0.3) is 11.3 Å². The number of rotatable bonds is 5. The maximum Gasteiger partial charge on any atom is 0.220 e. The number of nitrogens with one attached hydrogen (secondary N) is 2. The van der Waals surface area contributed by atoms with Gasteiger partial charge < -0.3 is 15.1 Å². The molecule has 1 unspecified atom stereocenters. The Balaban J connectivity index is 0.00000208. The molecule has 0 radical (unpaired) electrons. The van der Waals surface area contributed by atoms with Crippen LogP contribution in [-0.4, -0.2) is 25.0 Å². The highest BCUT2D eigenvalue weighted by molar-refractivity contribution is 5.85. The molecule has 1 aromatic heterocycles. The maximum atomic E-state index is 13.7.